The molecule has 15 heteroatoms. The summed E-state index contributed by atoms with van der Waals surface area (Å²) in [5.41, 5.74) is 11.3. The number of nitrogens with two attached hydrogens (primary N) is 2. The number of hydrogen-bond acceptors (Lipinski definition) is 8. The summed E-state index contributed by atoms with van der Waals surface area (Å²) >= 11 is 0. The van der Waals surface area contributed by atoms with Crippen molar-refractivity contribution in [2.24, 2.45) is 16.6 Å². The quantitative estimate of drug-likeness (QED) is 0.108. The fourth-order valence-corrected chi connectivity index (χ4v) is 4.99. The lowest BCUT2D eigenvalue weighted by atomic mass is 9.95. The number of carbonyl (C=O) groups excluding carboxylic acids is 2. The van der Waals surface area contributed by atoms with Crippen molar-refractivity contribution < 1.29 is 45.5 Å². The first-order valence-corrected chi connectivity index (χ1v) is 12.2. The number of ether oxygens (including phenoxy) is 2. The molecule has 1 aliphatic rings. The number of fused-ring (bicyclic) bond motifs is 1. The molecule has 1 aromatic carbocycles. The van der Waals surface area contributed by atoms with Crippen molar-refractivity contribution in [3.63, 3.8) is 0 Å². The molecule has 1 heterocycles. The molecule has 0 saturated carbocycles. The van der Waals surface area contributed by atoms with Gasteiger partial charge in [0.05, 0.1) is 12.4 Å². The van der Waals surface area contributed by atoms with Crippen molar-refractivity contribution in [3.8, 4) is 5.75 Å². The number of rotatable bonds is 11. The number of oxime groups is 1. The van der Waals surface area contributed by atoms with Crippen LogP contribution in [-0.2, 0) is 42.2 Å². The Morgan fingerprint density at radius 3 is 2.51 bits per heavy atom. The molecule has 0 bridgehead atoms. The van der Waals surface area contributed by atoms with Gasteiger partial charge in [-0.25, -0.2) is 18.0 Å². The second-order valence-corrected chi connectivity index (χ2v) is 9.66. The zero-order valence-corrected chi connectivity index (χ0v) is 19.7. The van der Waals surface area contributed by atoms with Gasteiger partial charge in [0.2, 0.25) is 16.0 Å². The van der Waals surface area contributed by atoms with Gasteiger partial charge in [-0.3, -0.25) is 0 Å². The van der Waals surface area contributed by atoms with Crippen LogP contribution in [0.15, 0.2) is 23.4 Å². The first-order valence-electron chi connectivity index (χ1n) is 10.6. The maximum absolute atomic E-state index is 12.9. The maximum Gasteiger partial charge on any atom is 0.491 e. The third-order valence-electron chi connectivity index (χ3n) is 4.89. The SMILES string of the molecule is CCCCS(=O)(=O)N1Cc2cc(OCCCON=C(N)N)ccc2C[C@H]1C(=O)OC(=O)C(F)(F)F. The van der Waals surface area contributed by atoms with Crippen LogP contribution in [0.25, 0.3) is 0 Å². The van der Waals surface area contributed by atoms with Gasteiger partial charge in [-0.05, 0) is 34.8 Å². The van der Waals surface area contributed by atoms with Crippen LogP contribution < -0.4 is 16.2 Å². The van der Waals surface area contributed by atoms with Crippen LogP contribution in [0, 0.1) is 0 Å². The van der Waals surface area contributed by atoms with E-state index >= 15 is 0 Å². The molecule has 11 nitrogen and oxygen atoms in total. The second-order valence-electron chi connectivity index (χ2n) is 7.62. The first kappa shape index (κ1) is 28.2. The summed E-state index contributed by atoms with van der Waals surface area (Å²) in [6.07, 6.45) is -4.41. The summed E-state index contributed by atoms with van der Waals surface area (Å²) in [7, 11) is -4.05. The third kappa shape index (κ3) is 8.28. The van der Waals surface area contributed by atoms with Gasteiger partial charge in [-0.15, -0.1) is 0 Å². The predicted molar refractivity (Wildman–Crippen MR) is 117 cm³/mol. The molecule has 0 aliphatic carbocycles. The molecule has 1 aromatic rings. The number of benzene rings is 1. The highest BCUT2D eigenvalue weighted by atomic mass is 32.2. The average Bonchev–Trinajstić information content (AvgIpc) is 2.78. The van der Waals surface area contributed by atoms with Gasteiger partial charge in [-0.1, -0.05) is 19.4 Å². The van der Waals surface area contributed by atoms with E-state index in [-0.39, 0.29) is 44.3 Å². The summed E-state index contributed by atoms with van der Waals surface area (Å²) in [6, 6.07) is 3.11. The Morgan fingerprint density at radius 2 is 1.89 bits per heavy atom. The Labute approximate surface area is 200 Å². The standard InChI is InChI=1S/C20H27F3N4O7S/c1-2-3-9-35(30,31)27-12-14-10-15(32-7-4-8-33-26-19(24)25)6-5-13(14)11-16(27)17(28)34-18(29)20(21,22)23/h5-6,10,16H,2-4,7-9,11-12H2,1H3,(H4,24,25,26)/t16-/m0/s1. The number of hydrogen-bond donors (Lipinski definition) is 2. The minimum atomic E-state index is -5.39. The fourth-order valence-electron chi connectivity index (χ4n) is 3.21. The predicted octanol–water partition coefficient (Wildman–Crippen LogP) is 1.15. The summed E-state index contributed by atoms with van der Waals surface area (Å²) in [5.74, 6) is -4.42. The van der Waals surface area contributed by atoms with Crippen molar-refractivity contribution in [2.75, 3.05) is 19.0 Å². The largest absolute Gasteiger partial charge is 0.493 e. The Bertz CT molecular complexity index is 1040. The molecule has 0 radical (unpaired) electrons. The van der Waals surface area contributed by atoms with Crippen molar-refractivity contribution in [3.05, 3.63) is 29.3 Å². The Balaban J connectivity index is 2.19. The third-order valence-corrected chi connectivity index (χ3v) is 6.80. The molecule has 1 aliphatic heterocycles. The van der Waals surface area contributed by atoms with Crippen LogP contribution >= 0.6 is 0 Å². The fraction of sp³-hybridized carbons (Fsp3) is 0.550. The average molecular weight is 525 g/mol. The van der Waals surface area contributed by atoms with Crippen molar-refractivity contribution in [2.45, 2.75) is 51.4 Å². The zero-order valence-electron chi connectivity index (χ0n) is 18.9. The van der Waals surface area contributed by atoms with E-state index in [0.717, 1.165) is 4.31 Å². The van der Waals surface area contributed by atoms with E-state index in [1.165, 1.54) is 0 Å². The number of unbranched alkanes of at least 4 members (excludes halogenated alkanes) is 1. The monoisotopic (exact) mass is 524 g/mol. The van der Waals surface area contributed by atoms with Crippen molar-refractivity contribution in [1.82, 2.24) is 4.31 Å². The molecule has 1 atom stereocenters. The van der Waals surface area contributed by atoms with Crippen LogP contribution in [-0.4, -0.2) is 61.8 Å². The number of alkyl halides is 3. The van der Waals surface area contributed by atoms with Gasteiger partial charge < -0.3 is 25.8 Å². The number of halogens is 3. The van der Waals surface area contributed by atoms with E-state index in [2.05, 4.69) is 9.89 Å². The summed E-state index contributed by atoms with van der Waals surface area (Å²) < 4.78 is 73.8. The number of carbonyl (C=O) groups is 2. The van der Waals surface area contributed by atoms with E-state index in [1.54, 1.807) is 25.1 Å². The molecule has 0 fully saturated rings. The van der Waals surface area contributed by atoms with Gasteiger partial charge >= 0.3 is 18.1 Å². The van der Waals surface area contributed by atoms with E-state index < -0.39 is 34.2 Å². The highest BCUT2D eigenvalue weighted by molar-refractivity contribution is 7.89. The Hall–Kier alpha value is -3.07. The molecular formula is C20H27F3N4O7S. The van der Waals surface area contributed by atoms with Gasteiger partial charge in [0.15, 0.2) is 0 Å². The molecule has 4 N–H and O–H groups in total. The van der Waals surface area contributed by atoms with Gasteiger partial charge in [0, 0.05) is 19.4 Å². The minimum absolute atomic E-state index is 0.187. The number of guanidine groups is 1. The maximum atomic E-state index is 12.9. The van der Waals surface area contributed by atoms with E-state index in [1.807, 2.05) is 0 Å². The topological polar surface area (TPSA) is 164 Å². The molecule has 0 aromatic heterocycles. The lowest BCUT2D eigenvalue weighted by Gasteiger charge is -2.34. The van der Waals surface area contributed by atoms with Crippen LogP contribution in [0.4, 0.5) is 13.2 Å². The minimum Gasteiger partial charge on any atom is -0.493 e. The number of esters is 2. The van der Waals surface area contributed by atoms with E-state index in [4.69, 9.17) is 21.0 Å². The lowest BCUT2D eigenvalue weighted by molar-refractivity contribution is -0.203. The molecule has 35 heavy (non-hydrogen) atoms. The highest BCUT2D eigenvalue weighted by Crippen LogP contribution is 2.30. The summed E-state index contributed by atoms with van der Waals surface area (Å²) in [4.78, 5) is 28.4. The molecule has 0 saturated heterocycles. The second kappa shape index (κ2) is 12.1. The number of sulfonamides is 1. The Kier molecular flexibility index (Phi) is 9.71. The van der Waals surface area contributed by atoms with Crippen LogP contribution in [0.3, 0.4) is 0 Å². The normalized spacial score (nSPS) is 16.2. The van der Waals surface area contributed by atoms with E-state index in [9.17, 15) is 31.2 Å². The summed E-state index contributed by atoms with van der Waals surface area (Å²) in [5, 5.41) is 3.36. The van der Waals surface area contributed by atoms with Crippen LogP contribution in [0.5, 0.6) is 5.75 Å². The van der Waals surface area contributed by atoms with Crippen LogP contribution in [0.2, 0.25) is 0 Å². The van der Waals surface area contributed by atoms with Crippen molar-refractivity contribution in [1.29, 1.82) is 0 Å². The van der Waals surface area contributed by atoms with Gasteiger partial charge in [0.1, 0.15) is 18.4 Å². The molecular weight excluding hydrogens is 497 g/mol. The molecule has 196 valence electrons. The Morgan fingerprint density at radius 1 is 1.17 bits per heavy atom. The van der Waals surface area contributed by atoms with Crippen LogP contribution in [0.1, 0.15) is 37.3 Å². The lowest BCUT2D eigenvalue weighted by Crippen LogP contribution is -2.51. The van der Waals surface area contributed by atoms with Gasteiger partial charge in [0.25, 0.3) is 0 Å². The molecule has 0 amide bonds. The summed E-state index contributed by atoms with van der Waals surface area (Å²) in [6.45, 7) is 1.88. The molecule has 2 rings (SSSR count). The molecule has 0 unspecified atom stereocenters. The smallest absolute Gasteiger partial charge is 0.491 e. The molecule has 0 spiro atoms. The first-order chi connectivity index (χ1) is 16.3. The van der Waals surface area contributed by atoms with Crippen molar-refractivity contribution >= 4 is 27.9 Å². The number of nitrogens with zero attached hydrogens (tertiary/aromatic N) is 2. The highest BCUT2D eigenvalue weighted by Gasteiger charge is 2.46. The zero-order chi connectivity index (χ0) is 26.2. The van der Waals surface area contributed by atoms with Gasteiger partial charge in [-0.2, -0.15) is 17.5 Å². The van der Waals surface area contributed by atoms with E-state index in [0.29, 0.717) is 29.7 Å².